The molecule has 302 valence electrons. The number of fused-ring (bicyclic) bond motifs is 3. The first-order chi connectivity index (χ1) is 27.6. The van der Waals surface area contributed by atoms with E-state index < -0.39 is 0 Å². The number of nitrogens with zero attached hydrogens (tertiary/aromatic N) is 4. The Bertz CT molecular complexity index is 2290. The maximum atomic E-state index is 13.0. The molecule has 0 unspecified atom stereocenters. The molecule has 0 bridgehead atoms. The minimum absolute atomic E-state index is 0.00894. The Hall–Kier alpha value is -4.05. The van der Waals surface area contributed by atoms with Crippen molar-refractivity contribution in [1.82, 2.24) is 24.8 Å². The Labute approximate surface area is 346 Å². The number of carbonyl (C=O) groups is 2. The molecule has 2 N–H and O–H groups in total. The van der Waals surface area contributed by atoms with Crippen molar-refractivity contribution in [2.24, 2.45) is 5.92 Å². The summed E-state index contributed by atoms with van der Waals surface area (Å²) in [6, 6.07) is 15.8. The third-order valence-electron chi connectivity index (χ3n) is 10.2. The van der Waals surface area contributed by atoms with Gasteiger partial charge in [0, 0.05) is 70.7 Å². The Morgan fingerprint density at radius 2 is 1.81 bits per heavy atom. The van der Waals surface area contributed by atoms with Crippen molar-refractivity contribution in [1.29, 1.82) is 0 Å². The fourth-order valence-electron chi connectivity index (χ4n) is 7.02. The molecule has 1 fully saturated rings. The Morgan fingerprint density at radius 3 is 2.56 bits per heavy atom. The average molecular weight is 829 g/mol. The molecule has 2 aromatic carbocycles. The van der Waals surface area contributed by atoms with Crippen molar-refractivity contribution >= 4 is 73.2 Å². The van der Waals surface area contributed by atoms with E-state index in [9.17, 15) is 9.59 Å². The quantitative estimate of drug-likeness (QED) is 0.0686. The van der Waals surface area contributed by atoms with E-state index in [0.717, 1.165) is 23.1 Å². The fraction of sp³-hybridized carbons (Fsp3) is 0.442. The molecule has 1 saturated heterocycles. The molecule has 7 rings (SSSR count). The summed E-state index contributed by atoms with van der Waals surface area (Å²) >= 11 is 4.81. The predicted octanol–water partition coefficient (Wildman–Crippen LogP) is 8.89. The number of thiophene rings is 1. The van der Waals surface area contributed by atoms with Gasteiger partial charge < -0.3 is 34.0 Å². The average Bonchev–Trinajstić information content (AvgIpc) is 4.02. The van der Waals surface area contributed by atoms with Gasteiger partial charge in [-0.1, -0.05) is 50.3 Å². The highest BCUT2D eigenvalue weighted by atomic mass is 32.2. The zero-order chi connectivity index (χ0) is 39.9. The van der Waals surface area contributed by atoms with Crippen LogP contribution in [0.1, 0.15) is 63.3 Å². The second-order valence-corrected chi connectivity index (χ2v) is 18.7. The lowest BCUT2D eigenvalue weighted by molar-refractivity contribution is -0.139. The molecular weight excluding hydrogens is 777 g/mol. The summed E-state index contributed by atoms with van der Waals surface area (Å²) in [6.07, 6.45) is 4.76. The summed E-state index contributed by atoms with van der Waals surface area (Å²) in [6.45, 7) is 15.4. The number of likely N-dealkylation sites (tertiary alicyclic amines) is 1. The topological polar surface area (TPSA) is 124 Å². The lowest BCUT2D eigenvalue weighted by Crippen LogP contribution is -2.43. The first-order valence-electron chi connectivity index (χ1n) is 19.6. The summed E-state index contributed by atoms with van der Waals surface area (Å²) in [7, 11) is 0. The number of carbonyl (C=O) groups excluding carboxylic acids is 2. The number of piperidine rings is 1. The van der Waals surface area contributed by atoms with Crippen LogP contribution < -0.4 is 10.6 Å². The van der Waals surface area contributed by atoms with Gasteiger partial charge in [-0.25, -0.2) is 9.97 Å². The number of aryl methyl sites for hydroxylation is 2. The number of hydrogen-bond acceptors (Lipinski definition) is 11. The molecular formula is C43H52N6O5S3. The van der Waals surface area contributed by atoms with E-state index in [0.29, 0.717) is 69.1 Å². The third-order valence-corrected chi connectivity index (χ3v) is 13.4. The predicted molar refractivity (Wildman–Crippen MR) is 231 cm³/mol. The lowest BCUT2D eigenvalue weighted by Gasteiger charge is -2.31. The molecule has 6 aromatic rings. The van der Waals surface area contributed by atoms with Gasteiger partial charge in [0.15, 0.2) is 5.13 Å². The fourth-order valence-corrected chi connectivity index (χ4v) is 9.65. The van der Waals surface area contributed by atoms with Crippen molar-refractivity contribution in [3.63, 3.8) is 0 Å². The van der Waals surface area contributed by atoms with Gasteiger partial charge in [0.05, 0.1) is 42.2 Å². The molecule has 0 aliphatic carbocycles. The molecule has 0 saturated carbocycles. The maximum absolute atomic E-state index is 13.0. The molecule has 0 radical (unpaired) electrons. The van der Waals surface area contributed by atoms with E-state index in [2.05, 4.69) is 108 Å². The Balaban J connectivity index is 0.753. The normalized spacial score (nSPS) is 13.9. The largest absolute Gasteiger partial charge is 0.444 e. The molecule has 2 amide bonds. The number of anilines is 1. The minimum Gasteiger partial charge on any atom is -0.444 e. The van der Waals surface area contributed by atoms with Gasteiger partial charge in [-0.05, 0) is 73.0 Å². The molecule has 0 atom stereocenters. The first kappa shape index (κ1) is 41.1. The van der Waals surface area contributed by atoms with Crippen LogP contribution >= 0.6 is 34.4 Å². The summed E-state index contributed by atoms with van der Waals surface area (Å²) in [5.41, 5.74) is 6.25. The number of hydrogen-bond donors (Lipinski definition) is 2. The van der Waals surface area contributed by atoms with Crippen molar-refractivity contribution < 1.29 is 23.5 Å². The zero-order valence-electron chi connectivity index (χ0n) is 33.4. The van der Waals surface area contributed by atoms with Crippen LogP contribution in [0.25, 0.3) is 32.2 Å². The maximum Gasteiger partial charge on any atom is 0.248 e. The van der Waals surface area contributed by atoms with E-state index in [1.54, 1.807) is 40.4 Å². The SMILES string of the molecule is CCn1c2ccc(CNCCOCCOCC(=O)N3CCC(C(=O)Nc4ncc(SCc5ncc(C(C)(C)C)o5)s4)CC3)cc2c2ccc(-c3cc(C)cs3)cc21. The molecule has 1 aliphatic rings. The number of ether oxygens (including phenoxy) is 2. The van der Waals surface area contributed by atoms with Crippen LogP contribution in [0.4, 0.5) is 5.13 Å². The monoisotopic (exact) mass is 828 g/mol. The van der Waals surface area contributed by atoms with Gasteiger partial charge in [0.2, 0.25) is 17.7 Å². The number of nitrogens with one attached hydrogen (secondary N) is 2. The van der Waals surface area contributed by atoms with Crippen LogP contribution in [-0.4, -0.2) is 77.3 Å². The Morgan fingerprint density at radius 1 is 0.982 bits per heavy atom. The van der Waals surface area contributed by atoms with E-state index in [4.69, 9.17) is 13.9 Å². The molecule has 5 heterocycles. The van der Waals surface area contributed by atoms with Gasteiger partial charge in [-0.2, -0.15) is 0 Å². The molecule has 4 aromatic heterocycles. The van der Waals surface area contributed by atoms with E-state index in [1.165, 1.54) is 54.7 Å². The van der Waals surface area contributed by atoms with Crippen LogP contribution in [0.15, 0.2) is 68.9 Å². The van der Waals surface area contributed by atoms with Crippen LogP contribution in [0.3, 0.4) is 0 Å². The third kappa shape index (κ3) is 10.3. The van der Waals surface area contributed by atoms with Crippen LogP contribution in [0.2, 0.25) is 0 Å². The highest BCUT2D eigenvalue weighted by molar-refractivity contribution is 8.00. The van der Waals surface area contributed by atoms with Gasteiger partial charge >= 0.3 is 0 Å². The highest BCUT2D eigenvalue weighted by Crippen LogP contribution is 2.36. The highest BCUT2D eigenvalue weighted by Gasteiger charge is 2.28. The summed E-state index contributed by atoms with van der Waals surface area (Å²) in [5.74, 6) is 1.84. The van der Waals surface area contributed by atoms with E-state index >= 15 is 0 Å². The molecule has 57 heavy (non-hydrogen) atoms. The second-order valence-electron chi connectivity index (χ2n) is 15.4. The standard InChI is InChI=1S/C43H52N6O5S3/c1-6-49-34-10-7-29(20-33(34)32-9-8-31(21-35(32)49)36-19-28(2)26-55-36)22-44-13-16-52-17-18-53-25-39(50)48-14-11-30(12-15-48)41(51)47-42-46-24-40(57-42)56-27-38-45-23-37(54-38)43(3,4)5/h7-10,19-21,23-24,26,30,44H,6,11-18,22,25,27H2,1-5H3,(H,46,47,51). The number of aromatic nitrogens is 3. The van der Waals surface area contributed by atoms with Gasteiger partial charge in [-0.3, -0.25) is 9.59 Å². The van der Waals surface area contributed by atoms with Gasteiger partial charge in [0.1, 0.15) is 12.4 Å². The second kappa shape index (κ2) is 18.7. The lowest BCUT2D eigenvalue weighted by atomic mass is 9.94. The van der Waals surface area contributed by atoms with Crippen LogP contribution in [0.5, 0.6) is 0 Å². The van der Waals surface area contributed by atoms with Crippen molar-refractivity contribution in [3.8, 4) is 10.4 Å². The van der Waals surface area contributed by atoms with Gasteiger partial charge in [0.25, 0.3) is 0 Å². The number of rotatable bonds is 17. The van der Waals surface area contributed by atoms with Crippen molar-refractivity contribution in [2.75, 3.05) is 51.4 Å². The van der Waals surface area contributed by atoms with E-state index in [1.807, 2.05) is 0 Å². The van der Waals surface area contributed by atoms with Crippen LogP contribution in [0, 0.1) is 12.8 Å². The molecule has 14 heteroatoms. The van der Waals surface area contributed by atoms with E-state index in [-0.39, 0.29) is 29.8 Å². The number of thiazole rings is 1. The number of oxazole rings is 1. The Kier molecular flexibility index (Phi) is 13.5. The number of amides is 2. The smallest absolute Gasteiger partial charge is 0.248 e. The molecule has 0 spiro atoms. The molecule has 1 aliphatic heterocycles. The van der Waals surface area contributed by atoms with Gasteiger partial charge in [-0.15, -0.1) is 23.1 Å². The number of benzene rings is 2. The summed E-state index contributed by atoms with van der Waals surface area (Å²) in [5, 5.41) is 11.8. The summed E-state index contributed by atoms with van der Waals surface area (Å²) < 4.78 is 20.6. The first-order valence-corrected chi connectivity index (χ1v) is 22.3. The number of thioether (sulfide) groups is 1. The molecule has 11 nitrogen and oxygen atoms in total. The summed E-state index contributed by atoms with van der Waals surface area (Å²) in [4.78, 5) is 37.6. The minimum atomic E-state index is -0.166. The zero-order valence-corrected chi connectivity index (χ0v) is 35.8. The van der Waals surface area contributed by atoms with Crippen molar-refractivity contribution in [2.45, 2.75) is 75.9 Å². The van der Waals surface area contributed by atoms with Crippen LogP contribution in [-0.2, 0) is 43.3 Å². The van der Waals surface area contributed by atoms with Crippen molar-refractivity contribution in [3.05, 3.63) is 83.0 Å².